The van der Waals surface area contributed by atoms with E-state index in [1.165, 1.54) is 12.1 Å². The Balaban J connectivity index is 1.44. The normalized spacial score (nSPS) is 21.7. The number of hydrogen-bond donors (Lipinski definition) is 2. The molecule has 41 heavy (non-hydrogen) atoms. The number of halogens is 1. The first-order valence-corrected chi connectivity index (χ1v) is 14.4. The number of aliphatic imine (C=N–C) groups is 1. The van der Waals surface area contributed by atoms with Crippen molar-refractivity contribution >= 4 is 17.5 Å². The third kappa shape index (κ3) is 5.92. The molecule has 0 radical (unpaired) electrons. The number of H-pyrrole nitrogens is 1. The first-order chi connectivity index (χ1) is 19.6. The highest BCUT2D eigenvalue weighted by atomic mass is 19.1. The van der Waals surface area contributed by atoms with Crippen LogP contribution in [0.5, 0.6) is 0 Å². The van der Waals surface area contributed by atoms with Gasteiger partial charge in [-0.2, -0.15) is 5.21 Å². The lowest BCUT2D eigenvalue weighted by Gasteiger charge is -2.47. The molecular formula is C31H38FN7O2. The summed E-state index contributed by atoms with van der Waals surface area (Å²) in [5, 5.41) is 16.4. The number of nitrogens with zero attached hydrogens (tertiary/aromatic N) is 5. The van der Waals surface area contributed by atoms with Gasteiger partial charge in [0, 0.05) is 11.1 Å². The van der Waals surface area contributed by atoms with Crippen LogP contribution in [0.25, 0.3) is 0 Å². The average Bonchev–Trinajstić information content (AvgIpc) is 3.57. The number of aromatic amines is 1. The molecule has 1 fully saturated rings. The van der Waals surface area contributed by atoms with Gasteiger partial charge in [-0.3, -0.25) is 14.6 Å². The van der Waals surface area contributed by atoms with Gasteiger partial charge in [-0.05, 0) is 85.4 Å². The van der Waals surface area contributed by atoms with E-state index in [2.05, 4.69) is 53.6 Å². The van der Waals surface area contributed by atoms with Crippen molar-refractivity contribution in [3.8, 4) is 0 Å². The summed E-state index contributed by atoms with van der Waals surface area (Å²) in [4.78, 5) is 34.1. The Kier molecular flexibility index (Phi) is 8.02. The fourth-order valence-corrected chi connectivity index (χ4v) is 6.23. The quantitative estimate of drug-likeness (QED) is 0.385. The van der Waals surface area contributed by atoms with Crippen molar-refractivity contribution in [3.05, 3.63) is 76.9 Å². The second kappa shape index (κ2) is 11.5. The first-order valence-electron chi connectivity index (χ1n) is 14.4. The number of carbonyl (C=O) groups excluding carboxylic acids is 2. The Hall–Kier alpha value is -3.95. The van der Waals surface area contributed by atoms with Crippen LogP contribution in [0.4, 0.5) is 4.39 Å². The Morgan fingerprint density at radius 3 is 2.39 bits per heavy atom. The van der Waals surface area contributed by atoms with Gasteiger partial charge < -0.3 is 10.2 Å². The molecule has 2 heterocycles. The van der Waals surface area contributed by atoms with E-state index < -0.39 is 5.66 Å². The predicted molar refractivity (Wildman–Crippen MR) is 153 cm³/mol. The van der Waals surface area contributed by atoms with Crippen molar-refractivity contribution in [3.63, 3.8) is 0 Å². The van der Waals surface area contributed by atoms with Crippen LogP contribution in [0.1, 0.15) is 99.6 Å². The molecule has 1 aromatic heterocycles. The van der Waals surface area contributed by atoms with Gasteiger partial charge in [0.15, 0.2) is 5.82 Å². The topological polar surface area (TPSA) is 116 Å². The maximum Gasteiger partial charge on any atom is 0.275 e. The van der Waals surface area contributed by atoms with Crippen molar-refractivity contribution < 1.29 is 14.0 Å². The van der Waals surface area contributed by atoms with Crippen LogP contribution in [-0.4, -0.2) is 48.7 Å². The number of nitrogens with one attached hydrogen (secondary N) is 2. The molecule has 0 unspecified atom stereocenters. The number of hydrogen-bond acceptors (Lipinski definition) is 6. The molecule has 2 amide bonds. The van der Waals surface area contributed by atoms with E-state index in [4.69, 9.17) is 4.99 Å². The molecule has 9 nitrogen and oxygen atoms in total. The summed E-state index contributed by atoms with van der Waals surface area (Å²) in [5.41, 5.74) is 2.04. The van der Waals surface area contributed by atoms with E-state index in [-0.39, 0.29) is 35.6 Å². The summed E-state index contributed by atoms with van der Waals surface area (Å²) in [6.45, 7) is 9.11. The molecule has 1 aliphatic carbocycles. The Labute approximate surface area is 240 Å². The Morgan fingerprint density at radius 1 is 1.12 bits per heavy atom. The van der Waals surface area contributed by atoms with Crippen molar-refractivity contribution in [2.24, 2.45) is 16.3 Å². The lowest BCUT2D eigenvalue weighted by atomic mass is 9.69. The van der Waals surface area contributed by atoms with Gasteiger partial charge in [0.2, 0.25) is 0 Å². The second-order valence-electron chi connectivity index (χ2n) is 12.2. The molecule has 1 atom stereocenters. The number of tetrazole rings is 1. The molecule has 2 aromatic carbocycles. The van der Waals surface area contributed by atoms with Crippen molar-refractivity contribution in [1.82, 2.24) is 30.8 Å². The largest absolute Gasteiger partial charge is 0.345 e. The van der Waals surface area contributed by atoms with Gasteiger partial charge in [-0.15, -0.1) is 10.2 Å². The highest BCUT2D eigenvalue weighted by Gasteiger charge is 2.52. The Morgan fingerprint density at radius 2 is 1.80 bits per heavy atom. The minimum atomic E-state index is -0.650. The van der Waals surface area contributed by atoms with Gasteiger partial charge in [-0.25, -0.2) is 4.39 Å². The third-order valence-corrected chi connectivity index (χ3v) is 8.55. The van der Waals surface area contributed by atoms with Crippen LogP contribution in [0, 0.1) is 17.2 Å². The van der Waals surface area contributed by atoms with Crippen LogP contribution in [-0.2, 0) is 11.3 Å². The van der Waals surface area contributed by atoms with Gasteiger partial charge in [0.1, 0.15) is 17.2 Å². The molecule has 0 saturated heterocycles. The molecule has 3 aromatic rings. The van der Waals surface area contributed by atoms with Crippen molar-refractivity contribution in [2.45, 2.75) is 84.5 Å². The smallest absolute Gasteiger partial charge is 0.275 e. The maximum atomic E-state index is 14.2. The third-order valence-electron chi connectivity index (χ3n) is 8.55. The summed E-state index contributed by atoms with van der Waals surface area (Å²) in [6.07, 6.45) is 5.14. The zero-order valence-corrected chi connectivity index (χ0v) is 24.2. The van der Waals surface area contributed by atoms with Crippen molar-refractivity contribution in [2.75, 3.05) is 0 Å². The monoisotopic (exact) mass is 559 g/mol. The molecule has 10 heteroatoms. The maximum absolute atomic E-state index is 14.2. The minimum absolute atomic E-state index is 0.119. The molecule has 1 saturated carbocycles. The van der Waals surface area contributed by atoms with E-state index in [9.17, 15) is 14.0 Å². The predicted octanol–water partition coefficient (Wildman–Crippen LogP) is 5.37. The lowest BCUT2D eigenvalue weighted by Crippen LogP contribution is -2.51. The molecule has 1 spiro atoms. The minimum Gasteiger partial charge on any atom is -0.345 e. The number of aromatic nitrogens is 4. The highest BCUT2D eigenvalue weighted by molar-refractivity contribution is 6.46. The van der Waals surface area contributed by atoms with Gasteiger partial charge >= 0.3 is 0 Å². The van der Waals surface area contributed by atoms with E-state index in [0.717, 1.165) is 44.1 Å². The Bertz CT molecular complexity index is 1390. The highest BCUT2D eigenvalue weighted by Crippen LogP contribution is 2.49. The molecular weight excluding hydrogens is 521 g/mol. The summed E-state index contributed by atoms with van der Waals surface area (Å²) >= 11 is 0. The zero-order valence-electron chi connectivity index (χ0n) is 24.2. The van der Waals surface area contributed by atoms with Crippen LogP contribution >= 0.6 is 0 Å². The second-order valence-corrected chi connectivity index (χ2v) is 12.2. The lowest BCUT2D eigenvalue weighted by molar-refractivity contribution is -0.133. The van der Waals surface area contributed by atoms with E-state index in [1.54, 1.807) is 24.3 Å². The van der Waals surface area contributed by atoms with Crippen LogP contribution in [0.15, 0.2) is 53.5 Å². The number of amides is 2. The molecule has 216 valence electrons. The summed E-state index contributed by atoms with van der Waals surface area (Å²) in [6, 6.07) is 13.3. The summed E-state index contributed by atoms with van der Waals surface area (Å²) in [5.74, 6) is 0.233. The van der Waals surface area contributed by atoms with Crippen LogP contribution < -0.4 is 5.32 Å². The molecule has 0 bridgehead atoms. The zero-order chi connectivity index (χ0) is 29.2. The number of benzene rings is 2. The average molecular weight is 560 g/mol. The van der Waals surface area contributed by atoms with E-state index in [1.807, 2.05) is 17.0 Å². The molecule has 2 aliphatic rings. The number of rotatable bonds is 8. The first kappa shape index (κ1) is 28.6. The van der Waals surface area contributed by atoms with Gasteiger partial charge in [0.25, 0.3) is 11.8 Å². The fourth-order valence-electron chi connectivity index (χ4n) is 6.23. The standard InChI is InChI=1S/C31H38FN7O2/c1-5-6-25(20-7-9-22(10-8-20)28(40)33-19-26-35-37-38-36-26)39-29(41)27(21-11-13-24(32)14-12-21)34-31(39)17-15-23(16-18-31)30(2,3)4/h7-14,23,25H,5-6,15-19H2,1-4H3,(H,33,40)(H,35,36,37,38)/t23?,25-,31?/m1/s1. The summed E-state index contributed by atoms with van der Waals surface area (Å²) in [7, 11) is 0. The van der Waals surface area contributed by atoms with Crippen LogP contribution in [0.3, 0.4) is 0 Å². The van der Waals surface area contributed by atoms with E-state index in [0.29, 0.717) is 28.6 Å². The van der Waals surface area contributed by atoms with Gasteiger partial charge in [-0.1, -0.05) is 51.5 Å². The van der Waals surface area contributed by atoms with Gasteiger partial charge in [0.05, 0.1) is 12.6 Å². The molecule has 1 aliphatic heterocycles. The number of carbonyl (C=O) groups is 2. The van der Waals surface area contributed by atoms with E-state index >= 15 is 0 Å². The summed E-state index contributed by atoms with van der Waals surface area (Å²) < 4.78 is 13.7. The van der Waals surface area contributed by atoms with Crippen molar-refractivity contribution in [1.29, 1.82) is 0 Å². The van der Waals surface area contributed by atoms with Crippen LogP contribution in [0.2, 0.25) is 0 Å². The SMILES string of the molecule is CCC[C@H](c1ccc(C(=O)NCc2nn[nH]n2)cc1)N1C(=O)C(c2ccc(F)cc2)=NC12CCC(C(C)(C)C)CC2. The molecule has 5 rings (SSSR count). The molecule has 2 N–H and O–H groups in total. The fraction of sp³-hybridized carbons (Fsp3) is 0.484.